The highest BCUT2D eigenvalue weighted by Crippen LogP contribution is 2.26. The van der Waals surface area contributed by atoms with Crippen molar-refractivity contribution in [2.24, 2.45) is 0 Å². The molecule has 0 aliphatic rings. The standard InChI is InChI=1S/C13H15BrN2/c1-10(2)8-11(9-15)16(3)13-7-5-4-6-12(13)14/h4-8,11H,1-3H3. The molecule has 16 heavy (non-hydrogen) atoms. The number of benzene rings is 1. The Morgan fingerprint density at radius 1 is 1.44 bits per heavy atom. The zero-order valence-corrected chi connectivity index (χ0v) is 11.3. The molecule has 1 aromatic rings. The molecule has 3 heteroatoms. The molecule has 84 valence electrons. The normalized spacial score (nSPS) is 11.4. The minimum Gasteiger partial charge on any atom is -0.355 e. The summed E-state index contributed by atoms with van der Waals surface area (Å²) in [6.07, 6.45) is 1.96. The lowest BCUT2D eigenvalue weighted by Gasteiger charge is -2.24. The molecular weight excluding hydrogens is 264 g/mol. The Balaban J connectivity index is 3.02. The van der Waals surface area contributed by atoms with E-state index in [0.717, 1.165) is 15.7 Å². The molecule has 0 saturated heterocycles. The van der Waals surface area contributed by atoms with Crippen LogP contribution >= 0.6 is 15.9 Å². The molecule has 0 fully saturated rings. The lowest BCUT2D eigenvalue weighted by Crippen LogP contribution is -2.28. The maximum atomic E-state index is 9.15. The average molecular weight is 279 g/mol. The van der Waals surface area contributed by atoms with Crippen LogP contribution in [0.2, 0.25) is 0 Å². The van der Waals surface area contributed by atoms with Gasteiger partial charge >= 0.3 is 0 Å². The van der Waals surface area contributed by atoms with Crippen molar-refractivity contribution in [3.05, 3.63) is 40.4 Å². The second kappa shape index (κ2) is 5.72. The Bertz CT molecular complexity index is 428. The summed E-state index contributed by atoms with van der Waals surface area (Å²) in [6, 6.07) is 9.95. The summed E-state index contributed by atoms with van der Waals surface area (Å²) in [7, 11) is 1.92. The van der Waals surface area contributed by atoms with Crippen molar-refractivity contribution < 1.29 is 0 Å². The Morgan fingerprint density at radius 3 is 2.56 bits per heavy atom. The van der Waals surface area contributed by atoms with E-state index in [4.69, 9.17) is 5.26 Å². The van der Waals surface area contributed by atoms with Crippen molar-refractivity contribution in [1.29, 1.82) is 5.26 Å². The molecule has 0 radical (unpaired) electrons. The lowest BCUT2D eigenvalue weighted by atomic mass is 10.2. The molecule has 0 heterocycles. The third-order valence-electron chi connectivity index (χ3n) is 2.27. The molecule has 1 aromatic carbocycles. The van der Waals surface area contributed by atoms with Crippen molar-refractivity contribution in [1.82, 2.24) is 0 Å². The van der Waals surface area contributed by atoms with Gasteiger partial charge in [-0.25, -0.2) is 0 Å². The number of nitriles is 1. The predicted octanol–water partition coefficient (Wildman–Crippen LogP) is 3.74. The number of hydrogen-bond donors (Lipinski definition) is 0. The van der Waals surface area contributed by atoms with E-state index >= 15 is 0 Å². The topological polar surface area (TPSA) is 27.0 Å². The van der Waals surface area contributed by atoms with E-state index in [-0.39, 0.29) is 6.04 Å². The molecule has 0 bridgehead atoms. The van der Waals surface area contributed by atoms with Crippen molar-refractivity contribution in [2.45, 2.75) is 19.9 Å². The van der Waals surface area contributed by atoms with Gasteiger partial charge in [0.2, 0.25) is 0 Å². The highest BCUT2D eigenvalue weighted by Gasteiger charge is 2.13. The fourth-order valence-corrected chi connectivity index (χ4v) is 2.00. The van der Waals surface area contributed by atoms with E-state index in [1.807, 2.05) is 56.1 Å². The molecule has 0 aliphatic carbocycles. The Morgan fingerprint density at radius 2 is 2.06 bits per heavy atom. The summed E-state index contributed by atoms with van der Waals surface area (Å²) in [5.74, 6) is 0. The van der Waals surface area contributed by atoms with E-state index in [0.29, 0.717) is 0 Å². The number of rotatable bonds is 3. The van der Waals surface area contributed by atoms with Gasteiger partial charge < -0.3 is 4.90 Å². The number of hydrogen-bond acceptors (Lipinski definition) is 2. The van der Waals surface area contributed by atoms with Gasteiger partial charge in [0.25, 0.3) is 0 Å². The van der Waals surface area contributed by atoms with Gasteiger partial charge in [-0.15, -0.1) is 0 Å². The van der Waals surface area contributed by atoms with Crippen LogP contribution in [0.1, 0.15) is 13.8 Å². The van der Waals surface area contributed by atoms with Gasteiger partial charge in [0, 0.05) is 11.5 Å². The second-order valence-corrected chi connectivity index (χ2v) is 4.73. The smallest absolute Gasteiger partial charge is 0.135 e. The number of nitrogens with zero attached hydrogens (tertiary/aromatic N) is 2. The zero-order chi connectivity index (χ0) is 12.1. The molecular formula is C13H15BrN2. The third-order valence-corrected chi connectivity index (χ3v) is 2.94. The molecule has 0 N–H and O–H groups in total. The SMILES string of the molecule is CC(C)=CC(C#N)N(C)c1ccccc1Br. The molecule has 1 rings (SSSR count). The lowest BCUT2D eigenvalue weighted by molar-refractivity contribution is 0.893. The van der Waals surface area contributed by atoms with Crippen molar-refractivity contribution >= 4 is 21.6 Å². The van der Waals surface area contributed by atoms with Gasteiger partial charge in [0.05, 0.1) is 11.8 Å². The molecule has 0 aliphatic heterocycles. The van der Waals surface area contributed by atoms with Crippen LogP contribution in [0.4, 0.5) is 5.69 Å². The molecule has 2 nitrogen and oxygen atoms in total. The fraction of sp³-hybridized carbons (Fsp3) is 0.308. The Hall–Kier alpha value is -1.27. The van der Waals surface area contributed by atoms with Crippen molar-refractivity contribution in [2.75, 3.05) is 11.9 Å². The van der Waals surface area contributed by atoms with Crippen LogP contribution in [0.3, 0.4) is 0 Å². The summed E-state index contributed by atoms with van der Waals surface area (Å²) in [5.41, 5.74) is 2.16. The van der Waals surface area contributed by atoms with E-state index in [1.54, 1.807) is 0 Å². The van der Waals surface area contributed by atoms with Gasteiger partial charge in [-0.05, 0) is 48.0 Å². The Labute approximate surface area is 105 Å². The number of para-hydroxylation sites is 1. The first-order valence-corrected chi connectivity index (χ1v) is 5.87. The van der Waals surface area contributed by atoms with Crippen LogP contribution in [0, 0.1) is 11.3 Å². The van der Waals surface area contributed by atoms with Crippen LogP contribution < -0.4 is 4.90 Å². The van der Waals surface area contributed by atoms with Crippen LogP contribution in [0.5, 0.6) is 0 Å². The van der Waals surface area contributed by atoms with Crippen molar-refractivity contribution in [3.63, 3.8) is 0 Å². The fourth-order valence-electron chi connectivity index (χ4n) is 1.44. The van der Waals surface area contributed by atoms with Gasteiger partial charge in [-0.1, -0.05) is 17.7 Å². The first-order valence-electron chi connectivity index (χ1n) is 5.08. The van der Waals surface area contributed by atoms with Gasteiger partial charge in [-0.3, -0.25) is 0 Å². The molecule has 1 atom stereocenters. The second-order valence-electron chi connectivity index (χ2n) is 3.88. The van der Waals surface area contributed by atoms with Gasteiger partial charge in [0.1, 0.15) is 6.04 Å². The monoisotopic (exact) mass is 278 g/mol. The van der Waals surface area contributed by atoms with Crippen LogP contribution in [0.15, 0.2) is 40.4 Å². The predicted molar refractivity (Wildman–Crippen MR) is 71.4 cm³/mol. The molecule has 0 spiro atoms. The number of halogens is 1. The van der Waals surface area contributed by atoms with Gasteiger partial charge in [0.15, 0.2) is 0 Å². The number of likely N-dealkylation sites (N-methyl/N-ethyl adjacent to an activating group) is 1. The minimum atomic E-state index is -0.233. The molecule has 0 aromatic heterocycles. The Kier molecular flexibility index (Phi) is 4.57. The number of allylic oxidation sites excluding steroid dienone is 1. The number of anilines is 1. The highest BCUT2D eigenvalue weighted by atomic mass is 79.9. The van der Waals surface area contributed by atoms with E-state index in [1.165, 1.54) is 0 Å². The maximum Gasteiger partial charge on any atom is 0.135 e. The maximum absolute atomic E-state index is 9.15. The highest BCUT2D eigenvalue weighted by molar-refractivity contribution is 9.10. The summed E-state index contributed by atoms with van der Waals surface area (Å²) < 4.78 is 1.000. The van der Waals surface area contributed by atoms with Crippen LogP contribution in [0.25, 0.3) is 0 Å². The molecule has 0 amide bonds. The quantitative estimate of drug-likeness (QED) is 0.788. The van der Waals surface area contributed by atoms with Crippen LogP contribution in [-0.2, 0) is 0 Å². The summed E-state index contributed by atoms with van der Waals surface area (Å²) >= 11 is 3.49. The summed E-state index contributed by atoms with van der Waals surface area (Å²) in [5, 5.41) is 9.15. The average Bonchev–Trinajstić information content (AvgIpc) is 2.25. The van der Waals surface area contributed by atoms with Crippen molar-refractivity contribution in [3.8, 4) is 6.07 Å². The molecule has 1 unspecified atom stereocenters. The van der Waals surface area contributed by atoms with E-state index < -0.39 is 0 Å². The first kappa shape index (κ1) is 12.8. The minimum absolute atomic E-state index is 0.233. The first-order chi connectivity index (χ1) is 7.56. The largest absolute Gasteiger partial charge is 0.355 e. The van der Waals surface area contributed by atoms with E-state index in [2.05, 4.69) is 22.0 Å². The summed E-state index contributed by atoms with van der Waals surface area (Å²) in [4.78, 5) is 1.96. The summed E-state index contributed by atoms with van der Waals surface area (Å²) in [6.45, 7) is 4.00. The molecule has 0 saturated carbocycles. The van der Waals surface area contributed by atoms with Gasteiger partial charge in [-0.2, -0.15) is 5.26 Å². The zero-order valence-electron chi connectivity index (χ0n) is 9.74. The van der Waals surface area contributed by atoms with Crippen LogP contribution in [-0.4, -0.2) is 13.1 Å². The van der Waals surface area contributed by atoms with E-state index in [9.17, 15) is 0 Å². The third kappa shape index (κ3) is 3.11.